The Morgan fingerprint density at radius 2 is 1.57 bits per heavy atom. The van der Waals surface area contributed by atoms with E-state index in [-0.39, 0.29) is 48.3 Å². The Bertz CT molecular complexity index is 1740. The van der Waals surface area contributed by atoms with Crippen molar-refractivity contribution in [1.29, 1.82) is 0 Å². The Hall–Kier alpha value is -2.88. The molecule has 0 aliphatic heterocycles. The molecule has 49 heavy (non-hydrogen) atoms. The molecule has 267 valence electrons. The van der Waals surface area contributed by atoms with Crippen molar-refractivity contribution in [3.05, 3.63) is 89.1 Å². The Morgan fingerprint density at radius 1 is 0.939 bits per heavy atom. The number of fused-ring (bicyclic) bond motifs is 3. The molecular weight excluding hydrogens is 786 g/mol. The molecule has 1 aromatic heterocycles. The van der Waals surface area contributed by atoms with Crippen molar-refractivity contribution in [3.8, 4) is 11.3 Å². The maximum atomic E-state index is 14.5. The smallest absolute Gasteiger partial charge is 0.164 e. The number of aryl methyl sites for hydroxylation is 2. The second-order valence-electron chi connectivity index (χ2n) is 14.8. The van der Waals surface area contributed by atoms with E-state index >= 15 is 0 Å². The van der Waals surface area contributed by atoms with Crippen LogP contribution in [0.1, 0.15) is 129 Å². The SMILES string of the molecule is CCC(C)(CC)C(=O)/C=C(\O)C(C)(CC)CC.Cc1[c-]c(-c2nccc3cc(C(C)C4CCCCC4)c4ccc(F)cc4c23)cc(C)c1.[Ir]. The molecular formula is C44H57FIrNO2-. The van der Waals surface area contributed by atoms with Crippen LogP contribution in [-0.4, -0.2) is 15.9 Å². The van der Waals surface area contributed by atoms with Gasteiger partial charge in [0.25, 0.3) is 0 Å². The Balaban J connectivity index is 0.000000312. The normalized spacial score (nSPS) is 15.0. The largest absolute Gasteiger partial charge is 0.512 e. The van der Waals surface area contributed by atoms with E-state index < -0.39 is 0 Å². The Kier molecular flexibility index (Phi) is 14.4. The van der Waals surface area contributed by atoms with E-state index in [1.807, 2.05) is 53.8 Å². The van der Waals surface area contributed by atoms with Crippen LogP contribution in [0.25, 0.3) is 32.8 Å². The molecule has 5 rings (SSSR count). The summed E-state index contributed by atoms with van der Waals surface area (Å²) in [5, 5.41) is 14.4. The number of aliphatic hydroxyl groups is 1. The third-order valence-corrected chi connectivity index (χ3v) is 11.7. The van der Waals surface area contributed by atoms with Crippen LogP contribution in [0.4, 0.5) is 4.39 Å². The summed E-state index contributed by atoms with van der Waals surface area (Å²) in [7, 11) is 0. The number of nitrogens with zero attached hydrogens (tertiary/aromatic N) is 1. The predicted octanol–water partition coefficient (Wildman–Crippen LogP) is 12.9. The summed E-state index contributed by atoms with van der Waals surface area (Å²) in [4.78, 5) is 16.9. The fourth-order valence-electron chi connectivity index (χ4n) is 7.28. The van der Waals surface area contributed by atoms with Gasteiger partial charge in [-0.15, -0.1) is 34.9 Å². The number of aliphatic hydroxyl groups excluding tert-OH is 1. The number of benzene rings is 3. The van der Waals surface area contributed by atoms with Gasteiger partial charge in [-0.05, 0) is 101 Å². The molecule has 1 heterocycles. The van der Waals surface area contributed by atoms with Crippen molar-refractivity contribution in [1.82, 2.24) is 4.98 Å². The zero-order chi connectivity index (χ0) is 35.2. The van der Waals surface area contributed by atoms with Gasteiger partial charge in [-0.25, -0.2) is 4.39 Å². The molecule has 1 aliphatic rings. The standard InChI is InChI=1S/C29H29FN.C15H28O2.Ir/c1-18-13-19(2)15-23(14-18)29-28-22(11-12-31-29)16-26(20(3)21-7-5-4-6-8-21)25-10-9-24(30)17-27(25)28;1-7-14(5,8-2)12(16)11-13(17)15(6,9-3)10-4;/h9-14,16-17,20-21H,4-8H2,1-3H3;11,16H,7-10H2,1-6H3;/q-1;;/b;12-11-;. The molecule has 1 radical (unpaired) electrons. The zero-order valence-electron chi connectivity index (χ0n) is 31.2. The summed E-state index contributed by atoms with van der Waals surface area (Å²) in [6.07, 6.45) is 13.2. The van der Waals surface area contributed by atoms with Crippen LogP contribution in [0.5, 0.6) is 0 Å². The molecule has 1 aliphatic carbocycles. The molecule has 4 aromatic rings. The fraction of sp³-hybridized carbons (Fsp3) is 0.500. The van der Waals surface area contributed by atoms with Gasteiger partial charge in [0.1, 0.15) is 11.6 Å². The third-order valence-electron chi connectivity index (χ3n) is 11.7. The topological polar surface area (TPSA) is 50.2 Å². The van der Waals surface area contributed by atoms with E-state index in [4.69, 9.17) is 4.98 Å². The van der Waals surface area contributed by atoms with Crippen LogP contribution >= 0.6 is 0 Å². The Morgan fingerprint density at radius 3 is 2.16 bits per heavy atom. The van der Waals surface area contributed by atoms with Crippen molar-refractivity contribution >= 4 is 27.3 Å². The monoisotopic (exact) mass is 843 g/mol. The average Bonchev–Trinajstić information content (AvgIpc) is 3.09. The minimum absolute atomic E-state index is 0. The minimum atomic E-state index is -0.337. The van der Waals surface area contributed by atoms with Gasteiger partial charge in [0.2, 0.25) is 0 Å². The Labute approximate surface area is 308 Å². The van der Waals surface area contributed by atoms with Crippen molar-refractivity contribution in [2.75, 3.05) is 0 Å². The minimum Gasteiger partial charge on any atom is -0.512 e. The van der Waals surface area contributed by atoms with Crippen LogP contribution in [0.3, 0.4) is 0 Å². The first-order chi connectivity index (χ1) is 22.8. The van der Waals surface area contributed by atoms with Crippen molar-refractivity contribution in [3.63, 3.8) is 0 Å². The molecule has 3 aromatic carbocycles. The molecule has 1 atom stereocenters. The molecule has 1 N–H and O–H groups in total. The van der Waals surface area contributed by atoms with Crippen LogP contribution in [0, 0.1) is 42.5 Å². The summed E-state index contributed by atoms with van der Waals surface area (Å²) in [6, 6.07) is 17.4. The van der Waals surface area contributed by atoms with Crippen molar-refractivity contribution < 1.29 is 34.4 Å². The summed E-state index contributed by atoms with van der Waals surface area (Å²) < 4.78 is 14.5. The van der Waals surface area contributed by atoms with Crippen LogP contribution < -0.4 is 0 Å². The van der Waals surface area contributed by atoms with E-state index in [0.717, 1.165) is 64.0 Å². The first kappa shape index (κ1) is 40.5. The van der Waals surface area contributed by atoms with Gasteiger partial charge in [-0.2, -0.15) is 0 Å². The number of aromatic nitrogens is 1. The number of halogens is 1. The maximum Gasteiger partial charge on any atom is 0.164 e. The number of hydrogen-bond donors (Lipinski definition) is 1. The molecule has 1 unspecified atom stereocenters. The molecule has 0 saturated heterocycles. The summed E-state index contributed by atoms with van der Waals surface area (Å²) >= 11 is 0. The number of pyridine rings is 1. The fourth-order valence-corrected chi connectivity index (χ4v) is 7.28. The number of allylic oxidation sites excluding steroid dienone is 2. The van der Waals surface area contributed by atoms with Crippen LogP contribution in [0.2, 0.25) is 0 Å². The van der Waals surface area contributed by atoms with E-state index in [1.165, 1.54) is 49.3 Å². The van der Waals surface area contributed by atoms with E-state index in [2.05, 4.69) is 51.1 Å². The zero-order valence-corrected chi connectivity index (χ0v) is 33.6. The van der Waals surface area contributed by atoms with Gasteiger partial charge in [-0.3, -0.25) is 4.79 Å². The first-order valence-corrected chi connectivity index (χ1v) is 18.3. The van der Waals surface area contributed by atoms with Gasteiger partial charge in [-0.1, -0.05) is 93.7 Å². The second kappa shape index (κ2) is 17.4. The van der Waals surface area contributed by atoms with Gasteiger partial charge >= 0.3 is 0 Å². The van der Waals surface area contributed by atoms with Gasteiger partial charge in [0, 0.05) is 43.2 Å². The maximum absolute atomic E-state index is 14.5. The van der Waals surface area contributed by atoms with E-state index in [1.54, 1.807) is 12.1 Å². The molecule has 1 fully saturated rings. The first-order valence-electron chi connectivity index (χ1n) is 18.3. The third kappa shape index (κ3) is 9.08. The number of carbonyl (C=O) groups excluding carboxylic acids is 1. The molecule has 0 spiro atoms. The summed E-state index contributed by atoms with van der Waals surface area (Å²) in [5.74, 6) is 1.25. The van der Waals surface area contributed by atoms with Crippen molar-refractivity contribution in [2.24, 2.45) is 16.7 Å². The molecule has 0 amide bonds. The molecule has 3 nitrogen and oxygen atoms in total. The van der Waals surface area contributed by atoms with Crippen molar-refractivity contribution in [2.45, 2.75) is 126 Å². The predicted molar refractivity (Wildman–Crippen MR) is 201 cm³/mol. The summed E-state index contributed by atoms with van der Waals surface area (Å²) in [5.41, 5.74) is 4.87. The van der Waals surface area contributed by atoms with Gasteiger partial charge < -0.3 is 10.1 Å². The second-order valence-corrected chi connectivity index (χ2v) is 14.8. The molecule has 5 heteroatoms. The number of hydrogen-bond acceptors (Lipinski definition) is 3. The molecule has 1 saturated carbocycles. The van der Waals surface area contributed by atoms with Crippen LogP contribution in [-0.2, 0) is 24.9 Å². The number of carbonyl (C=O) groups is 1. The van der Waals surface area contributed by atoms with E-state index in [9.17, 15) is 14.3 Å². The van der Waals surface area contributed by atoms with E-state index in [0.29, 0.717) is 11.8 Å². The van der Waals surface area contributed by atoms with Gasteiger partial charge in [0.15, 0.2) is 5.78 Å². The quantitative estimate of drug-likeness (QED) is 0.0749. The number of rotatable bonds is 10. The van der Waals surface area contributed by atoms with Crippen LogP contribution in [0.15, 0.2) is 60.5 Å². The molecule has 0 bridgehead atoms. The average molecular weight is 843 g/mol. The van der Waals surface area contributed by atoms with Gasteiger partial charge in [0.05, 0.1) is 0 Å². The number of ketones is 1. The summed E-state index contributed by atoms with van der Waals surface area (Å²) in [6.45, 7) is 18.6.